The molecule has 0 bridgehead atoms. The third-order valence-corrected chi connectivity index (χ3v) is 5.85. The molecule has 13 heavy (non-hydrogen) atoms. The molecule has 0 amide bonds. The fraction of sp³-hybridized carbons (Fsp3) is 0.556. The lowest BCUT2D eigenvalue weighted by atomic mass is 10.2. The Kier molecular flexibility index (Phi) is 2.20. The topological polar surface area (TPSA) is 34.1 Å². The van der Waals surface area contributed by atoms with Gasteiger partial charge in [-0.25, -0.2) is 8.42 Å². The van der Waals surface area contributed by atoms with Crippen LogP contribution in [0.4, 0.5) is 0 Å². The van der Waals surface area contributed by atoms with E-state index in [0.29, 0.717) is 9.96 Å². The van der Waals surface area contributed by atoms with Gasteiger partial charge in [0.15, 0.2) is 9.84 Å². The first-order chi connectivity index (χ1) is 6.13. The van der Waals surface area contributed by atoms with Crippen molar-refractivity contribution in [3.8, 4) is 0 Å². The Bertz CT molecular complexity index is 415. The molecule has 0 radical (unpaired) electrons. The van der Waals surface area contributed by atoms with Crippen LogP contribution in [0.1, 0.15) is 23.8 Å². The zero-order valence-electron chi connectivity index (χ0n) is 7.54. The number of rotatable bonds is 2. The van der Waals surface area contributed by atoms with Gasteiger partial charge in [-0.15, -0.1) is 11.3 Å². The largest absolute Gasteiger partial charge is 0.223 e. The second kappa shape index (κ2) is 3.10. The third-order valence-electron chi connectivity index (χ3n) is 2.24. The van der Waals surface area contributed by atoms with Crippen LogP contribution in [-0.4, -0.2) is 14.2 Å². The van der Waals surface area contributed by atoms with Gasteiger partial charge in [-0.3, -0.25) is 0 Å². The molecule has 72 valence electrons. The van der Waals surface area contributed by atoms with E-state index in [1.54, 1.807) is 0 Å². The quantitative estimate of drug-likeness (QED) is 0.758. The zero-order valence-corrected chi connectivity index (χ0v) is 9.17. The van der Waals surface area contributed by atoms with Crippen LogP contribution in [0.5, 0.6) is 0 Å². The molecule has 0 aliphatic carbocycles. The van der Waals surface area contributed by atoms with Gasteiger partial charge >= 0.3 is 0 Å². The lowest BCUT2D eigenvalue weighted by molar-refractivity contribution is 0.601. The fourth-order valence-electron chi connectivity index (χ4n) is 1.61. The molecule has 2 rings (SSSR count). The number of thiophene rings is 1. The van der Waals surface area contributed by atoms with Crippen molar-refractivity contribution in [3.63, 3.8) is 0 Å². The maximum atomic E-state index is 11.5. The van der Waals surface area contributed by atoms with Crippen molar-refractivity contribution in [1.29, 1.82) is 0 Å². The normalized spacial score (nSPS) is 18.8. The first kappa shape index (κ1) is 9.21. The molecule has 0 aromatic carbocycles. The van der Waals surface area contributed by atoms with E-state index in [1.165, 1.54) is 16.2 Å². The minimum Gasteiger partial charge on any atom is -0.223 e. The molecular formula is C9H12O2S2. The smallest absolute Gasteiger partial charge is 0.188 e. The van der Waals surface area contributed by atoms with Gasteiger partial charge in [0, 0.05) is 4.88 Å². The van der Waals surface area contributed by atoms with E-state index >= 15 is 0 Å². The molecule has 2 nitrogen and oxygen atoms in total. The molecule has 1 aliphatic heterocycles. The summed E-state index contributed by atoms with van der Waals surface area (Å²) in [4.78, 5) is 1.22. The highest BCUT2D eigenvalue weighted by molar-refractivity contribution is 7.93. The molecule has 0 saturated heterocycles. The van der Waals surface area contributed by atoms with Gasteiger partial charge in [0.25, 0.3) is 0 Å². The average molecular weight is 216 g/mol. The van der Waals surface area contributed by atoms with Gasteiger partial charge < -0.3 is 0 Å². The van der Waals surface area contributed by atoms with Gasteiger partial charge in [-0.05, 0) is 24.5 Å². The number of fused-ring (bicyclic) bond motifs is 1. The molecule has 0 saturated carbocycles. The highest BCUT2D eigenvalue weighted by Crippen LogP contribution is 2.34. The summed E-state index contributed by atoms with van der Waals surface area (Å²) in [5.41, 5.74) is 1.05. The summed E-state index contributed by atoms with van der Waals surface area (Å²) < 4.78 is 23.6. The van der Waals surface area contributed by atoms with Crippen LogP contribution in [0, 0.1) is 0 Å². The molecule has 0 N–H and O–H groups in total. The molecular weight excluding hydrogens is 204 g/mol. The van der Waals surface area contributed by atoms with Crippen LogP contribution in [-0.2, 0) is 22.7 Å². The van der Waals surface area contributed by atoms with Gasteiger partial charge in [-0.1, -0.05) is 13.3 Å². The molecule has 2 heterocycles. The van der Waals surface area contributed by atoms with E-state index in [4.69, 9.17) is 0 Å². The molecule has 1 aromatic rings. The van der Waals surface area contributed by atoms with Crippen LogP contribution >= 0.6 is 11.3 Å². The third kappa shape index (κ3) is 1.53. The Morgan fingerprint density at radius 2 is 2.31 bits per heavy atom. The number of aryl methyl sites for hydroxylation is 2. The van der Waals surface area contributed by atoms with Crippen LogP contribution in [0.3, 0.4) is 0 Å². The second-order valence-corrected chi connectivity index (χ2v) is 6.79. The summed E-state index contributed by atoms with van der Waals surface area (Å²) in [6.45, 7) is 2.11. The van der Waals surface area contributed by atoms with Gasteiger partial charge in [-0.2, -0.15) is 0 Å². The van der Waals surface area contributed by atoms with Crippen molar-refractivity contribution in [1.82, 2.24) is 0 Å². The van der Waals surface area contributed by atoms with Crippen molar-refractivity contribution >= 4 is 21.2 Å². The van der Waals surface area contributed by atoms with Crippen LogP contribution in [0.15, 0.2) is 10.3 Å². The highest BCUT2D eigenvalue weighted by atomic mass is 32.2. The van der Waals surface area contributed by atoms with Crippen molar-refractivity contribution < 1.29 is 8.42 Å². The molecule has 0 unspecified atom stereocenters. The van der Waals surface area contributed by atoms with Crippen molar-refractivity contribution in [2.75, 3.05) is 5.75 Å². The standard InChI is InChI=1S/C9H12O2S2/c1-2-3-8-6-7-4-5-13(10,11)9(7)12-8/h6H,2-5H2,1H3. The average Bonchev–Trinajstić information content (AvgIpc) is 2.55. The molecule has 1 aromatic heterocycles. The Balaban J connectivity index is 2.43. The lowest BCUT2D eigenvalue weighted by Gasteiger charge is -1.91. The summed E-state index contributed by atoms with van der Waals surface area (Å²) >= 11 is 1.47. The maximum Gasteiger partial charge on any atom is 0.188 e. The lowest BCUT2D eigenvalue weighted by Crippen LogP contribution is -1.97. The summed E-state index contributed by atoms with van der Waals surface area (Å²) in [7, 11) is -2.88. The summed E-state index contributed by atoms with van der Waals surface area (Å²) in [5.74, 6) is 0.320. The van der Waals surface area contributed by atoms with Gasteiger partial charge in [0.1, 0.15) is 4.21 Å². The van der Waals surface area contributed by atoms with E-state index in [0.717, 1.165) is 24.8 Å². The molecule has 0 spiro atoms. The fourth-order valence-corrected chi connectivity index (χ4v) is 4.96. The van der Waals surface area contributed by atoms with E-state index in [9.17, 15) is 8.42 Å². The van der Waals surface area contributed by atoms with Crippen molar-refractivity contribution in [3.05, 3.63) is 16.5 Å². The Labute approximate surface area is 82.5 Å². The predicted molar refractivity (Wildman–Crippen MR) is 54.1 cm³/mol. The summed E-state index contributed by atoms with van der Waals surface area (Å²) in [6.07, 6.45) is 2.81. The molecule has 4 heteroatoms. The zero-order chi connectivity index (χ0) is 9.47. The summed E-state index contributed by atoms with van der Waals surface area (Å²) in [5, 5.41) is 0. The second-order valence-electron chi connectivity index (χ2n) is 3.34. The molecule has 1 aliphatic rings. The number of hydrogen-bond acceptors (Lipinski definition) is 3. The Hall–Kier alpha value is -0.350. The first-order valence-electron chi connectivity index (χ1n) is 4.48. The van der Waals surface area contributed by atoms with Crippen LogP contribution < -0.4 is 0 Å². The van der Waals surface area contributed by atoms with Crippen molar-refractivity contribution in [2.45, 2.75) is 30.4 Å². The van der Waals surface area contributed by atoms with Crippen molar-refractivity contribution in [2.24, 2.45) is 0 Å². The summed E-state index contributed by atoms with van der Waals surface area (Å²) in [6, 6.07) is 2.06. The predicted octanol–water partition coefficient (Wildman–Crippen LogP) is 2.03. The van der Waals surface area contributed by atoms with E-state index < -0.39 is 9.84 Å². The van der Waals surface area contributed by atoms with Crippen LogP contribution in [0.25, 0.3) is 0 Å². The molecule has 0 fully saturated rings. The van der Waals surface area contributed by atoms with E-state index in [-0.39, 0.29) is 0 Å². The highest BCUT2D eigenvalue weighted by Gasteiger charge is 2.28. The minimum atomic E-state index is -2.88. The maximum absolute atomic E-state index is 11.5. The van der Waals surface area contributed by atoms with E-state index in [1.807, 2.05) is 0 Å². The molecule has 0 atom stereocenters. The Morgan fingerprint density at radius 1 is 1.54 bits per heavy atom. The monoisotopic (exact) mass is 216 g/mol. The first-order valence-corrected chi connectivity index (χ1v) is 6.94. The number of sulfone groups is 1. The van der Waals surface area contributed by atoms with E-state index in [2.05, 4.69) is 13.0 Å². The number of hydrogen-bond donors (Lipinski definition) is 0. The Morgan fingerprint density at radius 3 is 2.92 bits per heavy atom. The van der Waals surface area contributed by atoms with Gasteiger partial charge in [0.05, 0.1) is 5.75 Å². The SMILES string of the molecule is CCCc1cc2c(s1)S(=O)(=O)CC2. The van der Waals surface area contributed by atoms with Gasteiger partial charge in [0.2, 0.25) is 0 Å². The van der Waals surface area contributed by atoms with Crippen LogP contribution in [0.2, 0.25) is 0 Å². The minimum absolute atomic E-state index is 0.320.